The van der Waals surface area contributed by atoms with E-state index in [2.05, 4.69) is 4.98 Å². The van der Waals surface area contributed by atoms with Crippen molar-refractivity contribution in [2.45, 2.75) is 20.3 Å². The fourth-order valence-corrected chi connectivity index (χ4v) is 2.06. The largest absolute Gasteiger partial charge is 0.494 e. The first-order valence-electron chi connectivity index (χ1n) is 5.96. The highest BCUT2D eigenvalue weighted by Crippen LogP contribution is 2.27. The van der Waals surface area contributed by atoms with Gasteiger partial charge in [0.2, 0.25) is 0 Å². The van der Waals surface area contributed by atoms with Gasteiger partial charge in [0.15, 0.2) is 0 Å². The maximum absolute atomic E-state index is 11.4. The van der Waals surface area contributed by atoms with Gasteiger partial charge in [-0.15, -0.1) is 0 Å². The Hall–Kier alpha value is -1.97. The number of esters is 1. The zero-order chi connectivity index (χ0) is 13.1. The molecule has 0 bridgehead atoms. The summed E-state index contributed by atoms with van der Waals surface area (Å²) in [5.41, 5.74) is 2.97. The highest BCUT2D eigenvalue weighted by atomic mass is 16.5. The summed E-state index contributed by atoms with van der Waals surface area (Å²) < 4.78 is 10.2. The van der Waals surface area contributed by atoms with Crippen LogP contribution in [0.3, 0.4) is 0 Å². The molecule has 2 aromatic rings. The third-order valence-electron chi connectivity index (χ3n) is 2.95. The van der Waals surface area contributed by atoms with E-state index in [1.807, 2.05) is 32.0 Å². The van der Waals surface area contributed by atoms with Crippen molar-refractivity contribution >= 4 is 16.9 Å². The quantitative estimate of drug-likeness (QED) is 0.845. The molecule has 0 radical (unpaired) electrons. The van der Waals surface area contributed by atoms with E-state index in [9.17, 15) is 4.79 Å². The van der Waals surface area contributed by atoms with Gasteiger partial charge in [0.05, 0.1) is 20.1 Å². The van der Waals surface area contributed by atoms with Crippen LogP contribution in [0.2, 0.25) is 0 Å². The van der Waals surface area contributed by atoms with Crippen molar-refractivity contribution < 1.29 is 14.3 Å². The molecule has 0 aliphatic heterocycles. The van der Waals surface area contributed by atoms with Crippen molar-refractivity contribution in [2.24, 2.45) is 0 Å². The normalized spacial score (nSPS) is 10.6. The van der Waals surface area contributed by atoms with Gasteiger partial charge in [-0.2, -0.15) is 0 Å². The van der Waals surface area contributed by atoms with Gasteiger partial charge in [0, 0.05) is 16.6 Å². The molecule has 4 heteroatoms. The fraction of sp³-hybridized carbons (Fsp3) is 0.357. The molecule has 18 heavy (non-hydrogen) atoms. The number of fused-ring (bicyclic) bond motifs is 1. The number of carbonyl (C=O) groups is 1. The first kappa shape index (κ1) is 12.5. The number of H-pyrrole nitrogens is 1. The summed E-state index contributed by atoms with van der Waals surface area (Å²) in [6.07, 6.45) is 0.276. The monoisotopic (exact) mass is 247 g/mol. The Labute approximate surface area is 106 Å². The van der Waals surface area contributed by atoms with Crippen LogP contribution >= 0.6 is 0 Å². The number of aromatic amines is 1. The number of methoxy groups -OCH3 is 1. The lowest BCUT2D eigenvalue weighted by Gasteiger charge is -2.04. The molecule has 1 aromatic heterocycles. The van der Waals surface area contributed by atoms with Crippen molar-refractivity contribution in [1.29, 1.82) is 0 Å². The molecule has 0 fully saturated rings. The number of carbonyl (C=O) groups excluding carboxylic acids is 1. The zero-order valence-corrected chi connectivity index (χ0v) is 10.9. The number of aromatic nitrogens is 1. The van der Waals surface area contributed by atoms with Crippen molar-refractivity contribution in [2.75, 3.05) is 13.7 Å². The second-order valence-corrected chi connectivity index (χ2v) is 4.12. The highest BCUT2D eigenvalue weighted by molar-refractivity contribution is 5.89. The van der Waals surface area contributed by atoms with Gasteiger partial charge < -0.3 is 14.5 Å². The number of hydrogen-bond acceptors (Lipinski definition) is 3. The third-order valence-corrected chi connectivity index (χ3v) is 2.95. The zero-order valence-electron chi connectivity index (χ0n) is 10.9. The Morgan fingerprint density at radius 1 is 1.39 bits per heavy atom. The van der Waals surface area contributed by atoms with Gasteiger partial charge in [0.25, 0.3) is 0 Å². The number of benzene rings is 1. The van der Waals surface area contributed by atoms with Crippen molar-refractivity contribution in [3.05, 3.63) is 29.5 Å². The van der Waals surface area contributed by atoms with E-state index < -0.39 is 0 Å². The Morgan fingerprint density at radius 3 is 2.83 bits per heavy atom. The third kappa shape index (κ3) is 2.32. The number of nitrogens with one attached hydrogen (secondary N) is 1. The molecule has 0 saturated carbocycles. The first-order chi connectivity index (χ1) is 8.65. The van der Waals surface area contributed by atoms with Crippen molar-refractivity contribution in [1.82, 2.24) is 4.98 Å². The Morgan fingerprint density at radius 2 is 2.17 bits per heavy atom. The molecule has 0 atom stereocenters. The fourth-order valence-electron chi connectivity index (χ4n) is 2.06. The predicted octanol–water partition coefficient (Wildman–Crippen LogP) is 2.59. The van der Waals surface area contributed by atoms with Crippen LogP contribution in [0.5, 0.6) is 5.75 Å². The molecule has 1 aromatic carbocycles. The van der Waals surface area contributed by atoms with Crippen LogP contribution in [0.4, 0.5) is 0 Å². The molecule has 2 rings (SSSR count). The second-order valence-electron chi connectivity index (χ2n) is 4.12. The van der Waals surface area contributed by atoms with Crippen LogP contribution in [0, 0.1) is 6.92 Å². The van der Waals surface area contributed by atoms with Gasteiger partial charge in [-0.25, -0.2) is 0 Å². The van der Waals surface area contributed by atoms with Crippen LogP contribution in [0.15, 0.2) is 18.2 Å². The maximum atomic E-state index is 11.4. The lowest BCUT2D eigenvalue weighted by Crippen LogP contribution is -2.05. The summed E-state index contributed by atoms with van der Waals surface area (Å²) >= 11 is 0. The van der Waals surface area contributed by atoms with Gasteiger partial charge in [-0.05, 0) is 37.6 Å². The van der Waals surface area contributed by atoms with E-state index in [0.717, 1.165) is 27.9 Å². The maximum Gasteiger partial charge on any atom is 0.310 e. The summed E-state index contributed by atoms with van der Waals surface area (Å²) in [5.74, 6) is 0.580. The van der Waals surface area contributed by atoms with Crippen LogP contribution in [0.25, 0.3) is 10.9 Å². The number of hydrogen-bond donors (Lipinski definition) is 1. The van der Waals surface area contributed by atoms with Crippen LogP contribution in [-0.4, -0.2) is 24.7 Å². The molecular formula is C14H17NO3. The highest BCUT2D eigenvalue weighted by Gasteiger charge is 2.13. The molecule has 0 spiro atoms. The standard InChI is InChI=1S/C14H17NO3/c1-4-18-10-5-6-13-12(7-10)11(9(2)15-13)8-14(16)17-3/h5-7,15H,4,8H2,1-3H3. The smallest absolute Gasteiger partial charge is 0.310 e. The van der Waals surface area contributed by atoms with E-state index >= 15 is 0 Å². The van der Waals surface area contributed by atoms with Crippen LogP contribution < -0.4 is 4.74 Å². The summed E-state index contributed by atoms with van der Waals surface area (Å²) in [6.45, 7) is 4.53. The minimum Gasteiger partial charge on any atom is -0.494 e. The average molecular weight is 247 g/mol. The van der Waals surface area contributed by atoms with Crippen LogP contribution in [-0.2, 0) is 16.0 Å². The molecule has 0 saturated heterocycles. The molecule has 1 N–H and O–H groups in total. The second kappa shape index (κ2) is 5.12. The van der Waals surface area contributed by atoms with E-state index in [-0.39, 0.29) is 12.4 Å². The molecule has 0 amide bonds. The average Bonchev–Trinajstić information content (AvgIpc) is 2.66. The topological polar surface area (TPSA) is 51.3 Å². The minimum absolute atomic E-state index is 0.235. The van der Waals surface area contributed by atoms with Crippen molar-refractivity contribution in [3.8, 4) is 5.75 Å². The molecule has 96 valence electrons. The first-order valence-corrected chi connectivity index (χ1v) is 5.96. The minimum atomic E-state index is -0.235. The van der Waals surface area contributed by atoms with E-state index in [1.54, 1.807) is 0 Å². The van der Waals surface area contributed by atoms with Crippen molar-refractivity contribution in [3.63, 3.8) is 0 Å². The number of rotatable bonds is 4. The molecule has 0 aliphatic rings. The number of ether oxygens (including phenoxy) is 2. The molecular weight excluding hydrogens is 230 g/mol. The number of aryl methyl sites for hydroxylation is 1. The van der Waals surface area contributed by atoms with E-state index in [4.69, 9.17) is 9.47 Å². The summed E-state index contributed by atoms with van der Waals surface area (Å²) in [6, 6.07) is 5.85. The Balaban J connectivity index is 2.46. The SMILES string of the molecule is CCOc1ccc2[nH]c(C)c(CC(=O)OC)c2c1. The Bertz CT molecular complexity index is 572. The van der Waals surface area contributed by atoms with Gasteiger partial charge in [0.1, 0.15) is 5.75 Å². The van der Waals surface area contributed by atoms with Gasteiger partial charge >= 0.3 is 5.97 Å². The molecule has 4 nitrogen and oxygen atoms in total. The summed E-state index contributed by atoms with van der Waals surface area (Å²) in [7, 11) is 1.40. The Kier molecular flexibility index (Phi) is 3.55. The molecule has 0 aliphatic carbocycles. The van der Waals surface area contributed by atoms with E-state index in [1.165, 1.54) is 7.11 Å². The lowest BCUT2D eigenvalue weighted by molar-refractivity contribution is -0.139. The predicted molar refractivity (Wildman–Crippen MR) is 69.9 cm³/mol. The lowest BCUT2D eigenvalue weighted by atomic mass is 10.1. The van der Waals surface area contributed by atoms with Crippen LogP contribution in [0.1, 0.15) is 18.2 Å². The van der Waals surface area contributed by atoms with Gasteiger partial charge in [-0.1, -0.05) is 0 Å². The molecule has 1 heterocycles. The summed E-state index contributed by atoms with van der Waals surface area (Å²) in [4.78, 5) is 14.7. The molecule has 0 unspecified atom stereocenters. The van der Waals surface area contributed by atoms with Gasteiger partial charge in [-0.3, -0.25) is 4.79 Å². The summed E-state index contributed by atoms with van der Waals surface area (Å²) in [5, 5.41) is 1.02. The van der Waals surface area contributed by atoms with E-state index in [0.29, 0.717) is 6.61 Å².